The van der Waals surface area contributed by atoms with E-state index in [1.807, 2.05) is 25.2 Å². The predicted octanol–water partition coefficient (Wildman–Crippen LogP) is 3.08. The van der Waals surface area contributed by atoms with Gasteiger partial charge in [0.1, 0.15) is 5.75 Å². The first-order valence-electron chi connectivity index (χ1n) is 6.75. The summed E-state index contributed by atoms with van der Waals surface area (Å²) in [6.07, 6.45) is 3.44. The average molecular weight is 254 g/mol. The summed E-state index contributed by atoms with van der Waals surface area (Å²) in [5.41, 5.74) is 3.82. The molecule has 0 bridgehead atoms. The number of pyridine rings is 1. The van der Waals surface area contributed by atoms with Crippen LogP contribution in [0.3, 0.4) is 0 Å². The van der Waals surface area contributed by atoms with Gasteiger partial charge in [0.2, 0.25) is 5.88 Å². The number of rotatable bonds is 4. The number of hydrogen-bond donors (Lipinski definition) is 1. The molecule has 1 heterocycles. The van der Waals surface area contributed by atoms with Gasteiger partial charge in [-0.1, -0.05) is 18.2 Å². The minimum Gasteiger partial charge on any atom is -0.439 e. The van der Waals surface area contributed by atoms with Gasteiger partial charge in [0.05, 0.1) is 0 Å². The Bertz CT molecular complexity index is 563. The Hall–Kier alpha value is -1.87. The molecule has 0 fully saturated rings. The molecule has 3 heteroatoms. The maximum Gasteiger partial charge on any atom is 0.219 e. The molecule has 1 aromatic heterocycles. The molecule has 0 amide bonds. The van der Waals surface area contributed by atoms with Crippen molar-refractivity contribution in [2.24, 2.45) is 0 Å². The number of ether oxygens (including phenoxy) is 1. The Morgan fingerprint density at radius 1 is 1.11 bits per heavy atom. The lowest BCUT2D eigenvalue weighted by atomic mass is 10.2. The second-order valence-corrected chi connectivity index (χ2v) is 4.89. The van der Waals surface area contributed by atoms with Gasteiger partial charge in [-0.2, -0.15) is 0 Å². The molecule has 0 atom stereocenters. The number of aromatic nitrogens is 1. The third-order valence-electron chi connectivity index (χ3n) is 3.43. The van der Waals surface area contributed by atoms with Gasteiger partial charge in [-0.05, 0) is 49.6 Å². The molecule has 1 aliphatic carbocycles. The highest BCUT2D eigenvalue weighted by Crippen LogP contribution is 2.25. The summed E-state index contributed by atoms with van der Waals surface area (Å²) in [5, 5.41) is 3.13. The van der Waals surface area contributed by atoms with Gasteiger partial charge < -0.3 is 10.1 Å². The van der Waals surface area contributed by atoms with Gasteiger partial charge in [0.25, 0.3) is 0 Å². The minimum atomic E-state index is 0.696. The number of aryl methyl sites for hydroxylation is 2. The van der Waals surface area contributed by atoms with Crippen molar-refractivity contribution in [3.63, 3.8) is 0 Å². The van der Waals surface area contributed by atoms with Crippen LogP contribution in [-0.4, -0.2) is 12.0 Å². The normalized spacial score (nSPS) is 13.3. The van der Waals surface area contributed by atoms with Gasteiger partial charge in [0.15, 0.2) is 0 Å². The van der Waals surface area contributed by atoms with Crippen LogP contribution in [0.5, 0.6) is 11.6 Å². The van der Waals surface area contributed by atoms with Gasteiger partial charge in [-0.25, -0.2) is 4.98 Å². The fourth-order valence-corrected chi connectivity index (χ4v) is 2.46. The third kappa shape index (κ3) is 2.76. The SMILES string of the molecule is CNCc1ccc(Oc2ccc3c(n2)CCC3)cc1. The van der Waals surface area contributed by atoms with E-state index in [0.29, 0.717) is 5.88 Å². The van der Waals surface area contributed by atoms with Gasteiger partial charge >= 0.3 is 0 Å². The van der Waals surface area contributed by atoms with E-state index < -0.39 is 0 Å². The molecule has 19 heavy (non-hydrogen) atoms. The fraction of sp³-hybridized carbons (Fsp3) is 0.312. The summed E-state index contributed by atoms with van der Waals surface area (Å²) < 4.78 is 5.81. The lowest BCUT2D eigenvalue weighted by Gasteiger charge is -2.07. The van der Waals surface area contributed by atoms with Crippen LogP contribution < -0.4 is 10.1 Å². The summed E-state index contributed by atoms with van der Waals surface area (Å²) in [4.78, 5) is 4.57. The summed E-state index contributed by atoms with van der Waals surface area (Å²) in [6, 6.07) is 12.2. The van der Waals surface area contributed by atoms with Crippen molar-refractivity contribution in [1.29, 1.82) is 0 Å². The maximum atomic E-state index is 5.81. The highest BCUT2D eigenvalue weighted by molar-refractivity contribution is 5.33. The zero-order valence-electron chi connectivity index (χ0n) is 11.1. The lowest BCUT2D eigenvalue weighted by Crippen LogP contribution is -2.04. The molecule has 0 saturated heterocycles. The van der Waals surface area contributed by atoms with Crippen LogP contribution in [-0.2, 0) is 19.4 Å². The Balaban J connectivity index is 1.74. The molecule has 0 radical (unpaired) electrons. The van der Waals surface area contributed by atoms with Crippen molar-refractivity contribution < 1.29 is 4.74 Å². The Morgan fingerprint density at radius 2 is 1.95 bits per heavy atom. The van der Waals surface area contributed by atoms with E-state index in [2.05, 4.69) is 28.5 Å². The van der Waals surface area contributed by atoms with E-state index in [4.69, 9.17) is 4.74 Å². The third-order valence-corrected chi connectivity index (χ3v) is 3.43. The number of hydrogen-bond acceptors (Lipinski definition) is 3. The minimum absolute atomic E-state index is 0.696. The van der Waals surface area contributed by atoms with Gasteiger partial charge in [0, 0.05) is 18.3 Å². The van der Waals surface area contributed by atoms with Crippen molar-refractivity contribution in [3.8, 4) is 11.6 Å². The zero-order chi connectivity index (χ0) is 13.1. The molecule has 0 saturated carbocycles. The molecule has 0 aliphatic heterocycles. The largest absolute Gasteiger partial charge is 0.439 e. The molecular weight excluding hydrogens is 236 g/mol. The second-order valence-electron chi connectivity index (χ2n) is 4.89. The first-order chi connectivity index (χ1) is 9.35. The van der Waals surface area contributed by atoms with Crippen LogP contribution in [0.15, 0.2) is 36.4 Å². The van der Waals surface area contributed by atoms with Crippen LogP contribution in [0.4, 0.5) is 0 Å². The van der Waals surface area contributed by atoms with E-state index in [0.717, 1.165) is 25.1 Å². The molecule has 1 N–H and O–H groups in total. The molecule has 1 aromatic carbocycles. The van der Waals surface area contributed by atoms with Crippen molar-refractivity contribution in [3.05, 3.63) is 53.2 Å². The van der Waals surface area contributed by atoms with Crippen molar-refractivity contribution >= 4 is 0 Å². The summed E-state index contributed by atoms with van der Waals surface area (Å²) >= 11 is 0. The molecule has 1 aliphatic rings. The van der Waals surface area contributed by atoms with Crippen molar-refractivity contribution in [2.45, 2.75) is 25.8 Å². The maximum absolute atomic E-state index is 5.81. The summed E-state index contributed by atoms with van der Waals surface area (Å²) in [7, 11) is 1.94. The smallest absolute Gasteiger partial charge is 0.219 e. The first-order valence-corrected chi connectivity index (χ1v) is 6.75. The van der Waals surface area contributed by atoms with Crippen LogP contribution in [0, 0.1) is 0 Å². The molecule has 3 rings (SSSR count). The standard InChI is InChI=1S/C16H18N2O/c1-17-11-12-5-8-14(9-6-12)19-16-10-7-13-3-2-4-15(13)18-16/h5-10,17H,2-4,11H2,1H3. The van der Waals surface area contributed by atoms with Crippen molar-refractivity contribution in [2.75, 3.05) is 7.05 Å². The quantitative estimate of drug-likeness (QED) is 0.910. The molecule has 2 aromatic rings. The molecule has 0 unspecified atom stereocenters. The summed E-state index contributed by atoms with van der Waals surface area (Å²) in [6.45, 7) is 0.872. The Kier molecular flexibility index (Phi) is 3.47. The Labute approximate surface area is 113 Å². The summed E-state index contributed by atoms with van der Waals surface area (Å²) in [5.74, 6) is 1.53. The zero-order valence-corrected chi connectivity index (χ0v) is 11.1. The average Bonchev–Trinajstić information content (AvgIpc) is 2.89. The molecule has 98 valence electrons. The van der Waals surface area contributed by atoms with Crippen LogP contribution >= 0.6 is 0 Å². The monoisotopic (exact) mass is 254 g/mol. The van der Waals surface area contributed by atoms with E-state index >= 15 is 0 Å². The van der Waals surface area contributed by atoms with Crippen molar-refractivity contribution in [1.82, 2.24) is 10.3 Å². The van der Waals surface area contributed by atoms with Crippen LogP contribution in [0.25, 0.3) is 0 Å². The predicted molar refractivity (Wildman–Crippen MR) is 75.5 cm³/mol. The molecule has 0 spiro atoms. The molecule has 3 nitrogen and oxygen atoms in total. The fourth-order valence-electron chi connectivity index (χ4n) is 2.46. The van der Waals surface area contributed by atoms with E-state index in [1.54, 1.807) is 0 Å². The van der Waals surface area contributed by atoms with E-state index in [-0.39, 0.29) is 0 Å². The van der Waals surface area contributed by atoms with Crippen LogP contribution in [0.2, 0.25) is 0 Å². The number of fused-ring (bicyclic) bond motifs is 1. The number of nitrogens with zero attached hydrogens (tertiary/aromatic N) is 1. The van der Waals surface area contributed by atoms with Gasteiger partial charge in [-0.15, -0.1) is 0 Å². The Morgan fingerprint density at radius 3 is 2.74 bits per heavy atom. The van der Waals surface area contributed by atoms with E-state index in [9.17, 15) is 0 Å². The lowest BCUT2D eigenvalue weighted by molar-refractivity contribution is 0.461. The number of nitrogens with one attached hydrogen (secondary N) is 1. The second kappa shape index (κ2) is 5.41. The van der Waals surface area contributed by atoms with Crippen LogP contribution in [0.1, 0.15) is 23.2 Å². The highest BCUT2D eigenvalue weighted by Gasteiger charge is 2.13. The molecular formula is C16H18N2O. The topological polar surface area (TPSA) is 34.1 Å². The van der Waals surface area contributed by atoms with Gasteiger partial charge in [-0.3, -0.25) is 0 Å². The highest BCUT2D eigenvalue weighted by atomic mass is 16.5. The first kappa shape index (κ1) is 12.2. The van der Waals surface area contributed by atoms with E-state index in [1.165, 1.54) is 23.2 Å². The number of benzene rings is 1.